The fourth-order valence-electron chi connectivity index (χ4n) is 2.95. The Kier molecular flexibility index (Phi) is 5.95. The molecule has 0 unspecified atom stereocenters. The number of pyridine rings is 1. The zero-order chi connectivity index (χ0) is 19.4. The van der Waals surface area contributed by atoms with Crippen molar-refractivity contribution in [3.63, 3.8) is 0 Å². The number of amides is 1. The topological polar surface area (TPSA) is 71.5 Å². The van der Waals surface area contributed by atoms with Crippen molar-refractivity contribution in [2.45, 2.75) is 23.5 Å². The van der Waals surface area contributed by atoms with Crippen LogP contribution in [0.5, 0.6) is 5.88 Å². The number of benzene rings is 1. The maximum atomic E-state index is 12.5. The molecular formula is C19H19B3N2O3. The van der Waals surface area contributed by atoms with E-state index in [0.717, 1.165) is 12.0 Å². The summed E-state index contributed by atoms with van der Waals surface area (Å²) in [5.41, 5.74) is 1.84. The number of ether oxygens (including phenoxy) is 1. The van der Waals surface area contributed by atoms with Crippen molar-refractivity contribution in [2.24, 2.45) is 5.92 Å². The van der Waals surface area contributed by atoms with E-state index in [1.165, 1.54) is 6.20 Å². The fourth-order valence-corrected chi connectivity index (χ4v) is 2.95. The van der Waals surface area contributed by atoms with Gasteiger partial charge in [0.1, 0.15) is 0 Å². The van der Waals surface area contributed by atoms with Crippen LogP contribution in [0.2, 0.25) is 5.11 Å². The van der Waals surface area contributed by atoms with Gasteiger partial charge in [0, 0.05) is 18.2 Å². The van der Waals surface area contributed by atoms with Gasteiger partial charge >= 0.3 is 0 Å². The van der Waals surface area contributed by atoms with Gasteiger partial charge in [0.25, 0.3) is 0 Å². The molecule has 132 valence electrons. The van der Waals surface area contributed by atoms with Crippen LogP contribution in [0, 0.1) is 5.92 Å². The first-order valence-electron chi connectivity index (χ1n) is 8.79. The number of nitrogens with one attached hydrogen (secondary N) is 1. The van der Waals surface area contributed by atoms with Gasteiger partial charge in [-0.3, -0.25) is 4.79 Å². The van der Waals surface area contributed by atoms with E-state index >= 15 is 0 Å². The summed E-state index contributed by atoms with van der Waals surface area (Å²) >= 11 is 0. The van der Waals surface area contributed by atoms with Crippen molar-refractivity contribution in [1.29, 1.82) is 0 Å². The number of carbonyl (C=O) groups is 1. The Morgan fingerprint density at radius 2 is 2.00 bits per heavy atom. The molecule has 5 nitrogen and oxygen atoms in total. The Morgan fingerprint density at radius 3 is 2.59 bits per heavy atom. The highest BCUT2D eigenvalue weighted by molar-refractivity contribution is 6.59. The highest BCUT2D eigenvalue weighted by atomic mass is 16.5. The summed E-state index contributed by atoms with van der Waals surface area (Å²) in [4.78, 5) is 16.6. The summed E-state index contributed by atoms with van der Waals surface area (Å²) in [7, 11) is 16.3. The Bertz CT molecular complexity index is 766. The van der Waals surface area contributed by atoms with E-state index in [1.54, 1.807) is 12.1 Å². The number of hydrogen-bond donors (Lipinski definition) is 2. The summed E-state index contributed by atoms with van der Waals surface area (Å²) < 4.78 is 5.30. The largest absolute Gasteiger partial charge is 0.479 e. The normalized spacial score (nSPS) is 19.9. The molecule has 1 amide bonds. The van der Waals surface area contributed by atoms with Gasteiger partial charge in [0.05, 0.1) is 42.8 Å². The van der Waals surface area contributed by atoms with Crippen molar-refractivity contribution in [2.75, 3.05) is 13.2 Å². The van der Waals surface area contributed by atoms with Crippen LogP contribution in [0.25, 0.3) is 0 Å². The van der Waals surface area contributed by atoms with E-state index in [4.69, 9.17) is 28.3 Å². The number of aromatic nitrogens is 1. The van der Waals surface area contributed by atoms with Crippen molar-refractivity contribution in [3.8, 4) is 5.88 Å². The van der Waals surface area contributed by atoms with Crippen LogP contribution in [0.4, 0.5) is 0 Å². The van der Waals surface area contributed by atoms with Crippen LogP contribution >= 0.6 is 0 Å². The molecule has 1 aliphatic rings. The highest BCUT2D eigenvalue weighted by Gasteiger charge is 2.44. The minimum absolute atomic E-state index is 0.0659. The molecule has 0 spiro atoms. The molecule has 2 N–H and O–H groups in total. The third-order valence-electron chi connectivity index (χ3n) is 4.49. The maximum absolute atomic E-state index is 12.5. The molecule has 8 heteroatoms. The van der Waals surface area contributed by atoms with Crippen LogP contribution in [-0.4, -0.2) is 52.8 Å². The van der Waals surface area contributed by atoms with Gasteiger partial charge in [-0.15, -0.1) is 0 Å². The Hall–Kier alpha value is -2.21. The first-order chi connectivity index (χ1) is 12.9. The van der Waals surface area contributed by atoms with Gasteiger partial charge in [-0.05, 0) is 29.5 Å². The first-order valence-corrected chi connectivity index (χ1v) is 8.79. The zero-order valence-corrected chi connectivity index (χ0v) is 14.9. The van der Waals surface area contributed by atoms with Crippen molar-refractivity contribution in [3.05, 3.63) is 59.8 Å². The maximum Gasteiger partial charge on any atom is 0.224 e. The molecule has 0 aliphatic heterocycles. The zero-order valence-electron chi connectivity index (χ0n) is 14.9. The van der Waals surface area contributed by atoms with Gasteiger partial charge in [-0.25, -0.2) is 4.98 Å². The summed E-state index contributed by atoms with van der Waals surface area (Å²) in [5, 5.41) is 11.1. The molecule has 1 aliphatic carbocycles. The molecule has 2 aromatic rings. The molecule has 1 aromatic heterocycles. The lowest BCUT2D eigenvalue weighted by atomic mass is 9.43. The van der Waals surface area contributed by atoms with Crippen molar-refractivity contribution in [1.82, 2.24) is 10.3 Å². The number of aliphatic hydroxyl groups is 1. The fraction of sp³-hybridized carbons (Fsp3) is 0.368. The van der Waals surface area contributed by atoms with Crippen LogP contribution in [0.1, 0.15) is 29.5 Å². The molecule has 27 heavy (non-hydrogen) atoms. The van der Waals surface area contributed by atoms with Gasteiger partial charge in [-0.2, -0.15) is 0 Å². The summed E-state index contributed by atoms with van der Waals surface area (Å²) in [6.45, 7) is -0.323. The number of aliphatic hydroxyl groups excluding tert-OH is 1. The van der Waals surface area contributed by atoms with E-state index in [-0.39, 0.29) is 31.0 Å². The summed E-state index contributed by atoms with van der Waals surface area (Å²) in [6.07, 6.45) is 2.35. The second-order valence-electron chi connectivity index (χ2n) is 6.93. The third-order valence-corrected chi connectivity index (χ3v) is 4.49. The van der Waals surface area contributed by atoms with E-state index in [0.29, 0.717) is 11.4 Å². The molecule has 1 fully saturated rings. The number of rotatable bonds is 8. The van der Waals surface area contributed by atoms with Crippen molar-refractivity contribution < 1.29 is 14.6 Å². The smallest absolute Gasteiger partial charge is 0.224 e. The van der Waals surface area contributed by atoms with Crippen LogP contribution in [0.3, 0.4) is 0 Å². The van der Waals surface area contributed by atoms with Crippen LogP contribution in [-0.2, 0) is 4.79 Å². The average Bonchev–Trinajstić information content (AvgIpc) is 3.46. The Labute approximate surface area is 163 Å². The second kappa shape index (κ2) is 8.21. The van der Waals surface area contributed by atoms with Crippen LogP contribution in [0.15, 0.2) is 48.7 Å². The molecule has 6 radical (unpaired) electrons. The Balaban J connectivity index is 1.56. The second-order valence-corrected chi connectivity index (χ2v) is 6.93. The minimum atomic E-state index is -1.44. The van der Waals surface area contributed by atoms with Gasteiger partial charge < -0.3 is 15.2 Å². The van der Waals surface area contributed by atoms with E-state index in [2.05, 4.69) is 10.3 Å². The van der Waals surface area contributed by atoms with Crippen LogP contribution < -0.4 is 10.1 Å². The monoisotopic (exact) mass is 356 g/mol. The molecule has 1 aromatic carbocycles. The van der Waals surface area contributed by atoms with E-state index < -0.39 is 11.2 Å². The average molecular weight is 356 g/mol. The van der Waals surface area contributed by atoms with Crippen molar-refractivity contribution >= 4 is 29.4 Å². The lowest BCUT2D eigenvalue weighted by Crippen LogP contribution is -2.32. The number of nitrogens with zero attached hydrogens (tertiary/aromatic N) is 1. The van der Waals surface area contributed by atoms with E-state index in [9.17, 15) is 9.90 Å². The van der Waals surface area contributed by atoms with Gasteiger partial charge in [0.2, 0.25) is 11.8 Å². The lowest BCUT2D eigenvalue weighted by molar-refractivity contribution is -0.123. The van der Waals surface area contributed by atoms with Gasteiger partial charge in [-0.1, -0.05) is 35.4 Å². The lowest BCUT2D eigenvalue weighted by Gasteiger charge is -2.20. The van der Waals surface area contributed by atoms with E-state index in [1.807, 2.05) is 30.3 Å². The standard InChI is InChI=1S/C19H19B3N2O3/c20-19(21,22)11-27-17-7-6-13(9-23-17)16(10-25)24-18(26)15-8-14(15)12-4-2-1-3-5-12/h1-7,9,14-16,25H,8,10-11H2,(H,24,26)/t14-,15+,16+/m1/s1. The molecule has 3 atom stereocenters. The minimum Gasteiger partial charge on any atom is -0.479 e. The number of hydrogen-bond acceptors (Lipinski definition) is 4. The molecule has 1 heterocycles. The molecule has 3 rings (SSSR count). The molecular weight excluding hydrogens is 337 g/mol. The summed E-state index contributed by atoms with van der Waals surface area (Å²) in [5.74, 6) is 0.411. The predicted molar refractivity (Wildman–Crippen MR) is 105 cm³/mol. The predicted octanol–water partition coefficient (Wildman–Crippen LogP) is 0.993. The first kappa shape index (κ1) is 19.6. The number of carbonyl (C=O) groups excluding carboxylic acids is 1. The molecule has 0 bridgehead atoms. The SMILES string of the molecule is [B]C([B])([B])COc1ccc([C@H](CO)NC(=O)[C@H]2C[C@@H]2c2ccccc2)cn1. The van der Waals surface area contributed by atoms with Gasteiger partial charge in [0.15, 0.2) is 0 Å². The summed E-state index contributed by atoms with van der Waals surface area (Å²) in [6, 6.07) is 12.8. The highest BCUT2D eigenvalue weighted by Crippen LogP contribution is 2.47. The third kappa shape index (κ3) is 5.39. The molecule has 1 saturated carbocycles. The molecule has 0 saturated heterocycles. The Morgan fingerprint density at radius 1 is 1.26 bits per heavy atom. The quantitative estimate of drug-likeness (QED) is 0.693.